The highest BCUT2D eigenvalue weighted by Crippen LogP contribution is 2.27. The predicted octanol–water partition coefficient (Wildman–Crippen LogP) is 3.72. The van der Waals surface area contributed by atoms with E-state index in [9.17, 15) is 4.79 Å². The number of amides is 1. The van der Waals surface area contributed by atoms with Crippen LogP contribution in [0.1, 0.15) is 49.4 Å². The largest absolute Gasteiger partial charge is 0.397 e. The zero-order valence-corrected chi connectivity index (χ0v) is 12.1. The Balaban J connectivity index is 2.22. The van der Waals surface area contributed by atoms with Gasteiger partial charge in [-0.1, -0.05) is 36.9 Å². The maximum Gasteiger partial charge on any atom is 0.256 e. The first-order valence-corrected chi connectivity index (χ1v) is 7.38. The minimum absolute atomic E-state index is 0.00870. The molecular formula is C15H21ClN2O. The summed E-state index contributed by atoms with van der Waals surface area (Å²) in [6.45, 7) is 2.74. The number of benzene rings is 1. The van der Waals surface area contributed by atoms with Crippen LogP contribution in [0.5, 0.6) is 0 Å². The average molecular weight is 281 g/mol. The third kappa shape index (κ3) is 3.03. The monoisotopic (exact) mass is 280 g/mol. The Morgan fingerprint density at radius 2 is 2.05 bits per heavy atom. The van der Waals surface area contributed by atoms with Gasteiger partial charge in [-0.15, -0.1) is 0 Å². The number of carbonyl (C=O) groups is 1. The molecule has 2 rings (SSSR count). The molecule has 1 aromatic carbocycles. The second kappa shape index (κ2) is 6.29. The van der Waals surface area contributed by atoms with Crippen molar-refractivity contribution in [3.63, 3.8) is 0 Å². The Morgan fingerprint density at radius 3 is 2.68 bits per heavy atom. The summed E-state index contributed by atoms with van der Waals surface area (Å²) >= 11 is 6.00. The second-order valence-electron chi connectivity index (χ2n) is 5.08. The lowest BCUT2D eigenvalue weighted by atomic mass is 9.93. The molecule has 0 aliphatic heterocycles. The zero-order valence-electron chi connectivity index (χ0n) is 11.4. The SMILES string of the molecule is CCN(C(=O)c1cccc(Cl)c1N)C1CCCCC1. The van der Waals surface area contributed by atoms with Gasteiger partial charge in [-0.05, 0) is 31.9 Å². The number of para-hydroxylation sites is 1. The van der Waals surface area contributed by atoms with Crippen LogP contribution in [0, 0.1) is 0 Å². The molecule has 0 saturated heterocycles. The van der Waals surface area contributed by atoms with E-state index in [-0.39, 0.29) is 5.91 Å². The van der Waals surface area contributed by atoms with Crippen molar-refractivity contribution in [2.24, 2.45) is 0 Å². The fourth-order valence-electron chi connectivity index (χ4n) is 2.84. The van der Waals surface area contributed by atoms with Crippen LogP contribution in [0.15, 0.2) is 18.2 Å². The van der Waals surface area contributed by atoms with Gasteiger partial charge >= 0.3 is 0 Å². The van der Waals surface area contributed by atoms with Crippen molar-refractivity contribution in [2.75, 3.05) is 12.3 Å². The number of nitrogens with two attached hydrogens (primary N) is 1. The van der Waals surface area contributed by atoms with E-state index in [0.29, 0.717) is 22.3 Å². The van der Waals surface area contributed by atoms with Gasteiger partial charge in [-0.3, -0.25) is 4.79 Å². The fourth-order valence-corrected chi connectivity index (χ4v) is 3.01. The maximum absolute atomic E-state index is 12.6. The third-order valence-corrected chi connectivity index (χ3v) is 4.23. The van der Waals surface area contributed by atoms with E-state index >= 15 is 0 Å². The Morgan fingerprint density at radius 1 is 1.37 bits per heavy atom. The van der Waals surface area contributed by atoms with Crippen LogP contribution in [0.3, 0.4) is 0 Å². The molecule has 0 aromatic heterocycles. The number of anilines is 1. The summed E-state index contributed by atoms with van der Waals surface area (Å²) < 4.78 is 0. The number of nitrogen functional groups attached to an aromatic ring is 1. The number of halogens is 1. The van der Waals surface area contributed by atoms with E-state index in [4.69, 9.17) is 17.3 Å². The molecule has 0 heterocycles. The molecule has 2 N–H and O–H groups in total. The van der Waals surface area contributed by atoms with E-state index in [2.05, 4.69) is 0 Å². The summed E-state index contributed by atoms with van der Waals surface area (Å²) in [7, 11) is 0. The molecule has 0 radical (unpaired) electrons. The van der Waals surface area contributed by atoms with Gasteiger partial charge in [0, 0.05) is 12.6 Å². The van der Waals surface area contributed by atoms with Gasteiger partial charge in [0.2, 0.25) is 0 Å². The Bertz CT molecular complexity index is 455. The molecular weight excluding hydrogens is 260 g/mol. The van der Waals surface area contributed by atoms with Crippen molar-refractivity contribution in [3.8, 4) is 0 Å². The smallest absolute Gasteiger partial charge is 0.256 e. The molecule has 104 valence electrons. The van der Waals surface area contributed by atoms with Crippen molar-refractivity contribution in [3.05, 3.63) is 28.8 Å². The number of hydrogen-bond acceptors (Lipinski definition) is 2. The summed E-state index contributed by atoms with van der Waals surface area (Å²) in [5, 5.41) is 0.450. The summed E-state index contributed by atoms with van der Waals surface area (Å²) in [6, 6.07) is 5.60. The van der Waals surface area contributed by atoms with Crippen LogP contribution in [-0.4, -0.2) is 23.4 Å². The molecule has 3 nitrogen and oxygen atoms in total. The topological polar surface area (TPSA) is 46.3 Å². The molecule has 0 unspecified atom stereocenters. The second-order valence-corrected chi connectivity index (χ2v) is 5.49. The van der Waals surface area contributed by atoms with Crippen LogP contribution in [-0.2, 0) is 0 Å². The van der Waals surface area contributed by atoms with Crippen molar-refractivity contribution < 1.29 is 4.79 Å². The lowest BCUT2D eigenvalue weighted by molar-refractivity contribution is 0.0649. The summed E-state index contributed by atoms with van der Waals surface area (Å²) in [4.78, 5) is 14.6. The van der Waals surface area contributed by atoms with Gasteiger partial charge in [0.05, 0.1) is 16.3 Å². The third-order valence-electron chi connectivity index (χ3n) is 3.90. The van der Waals surface area contributed by atoms with Gasteiger partial charge in [-0.2, -0.15) is 0 Å². The van der Waals surface area contributed by atoms with Crippen LogP contribution < -0.4 is 5.73 Å². The van der Waals surface area contributed by atoms with E-state index in [1.807, 2.05) is 11.8 Å². The quantitative estimate of drug-likeness (QED) is 0.858. The molecule has 1 amide bonds. The molecule has 1 aliphatic rings. The van der Waals surface area contributed by atoms with Gasteiger partial charge in [0.25, 0.3) is 5.91 Å². The fraction of sp³-hybridized carbons (Fsp3) is 0.533. The number of nitrogens with zero attached hydrogens (tertiary/aromatic N) is 1. The number of hydrogen-bond donors (Lipinski definition) is 1. The van der Waals surface area contributed by atoms with E-state index in [0.717, 1.165) is 19.4 Å². The summed E-state index contributed by atoms with van der Waals surface area (Å²) in [5.74, 6) is 0.00870. The molecule has 1 fully saturated rings. The minimum atomic E-state index is 0.00870. The first kappa shape index (κ1) is 14.2. The van der Waals surface area contributed by atoms with E-state index in [1.54, 1.807) is 18.2 Å². The molecule has 0 bridgehead atoms. The molecule has 1 saturated carbocycles. The maximum atomic E-state index is 12.6. The van der Waals surface area contributed by atoms with Crippen LogP contribution in [0.4, 0.5) is 5.69 Å². The highest BCUT2D eigenvalue weighted by atomic mass is 35.5. The van der Waals surface area contributed by atoms with Crippen molar-refractivity contribution in [1.29, 1.82) is 0 Å². The lowest BCUT2D eigenvalue weighted by Gasteiger charge is -2.34. The molecule has 4 heteroatoms. The summed E-state index contributed by atoms with van der Waals surface area (Å²) in [5.41, 5.74) is 6.85. The Kier molecular flexibility index (Phi) is 4.70. The molecule has 1 aromatic rings. The highest BCUT2D eigenvalue weighted by Gasteiger charge is 2.26. The normalized spacial score (nSPS) is 16.3. The van der Waals surface area contributed by atoms with Crippen molar-refractivity contribution in [1.82, 2.24) is 4.90 Å². The molecule has 0 spiro atoms. The molecule has 19 heavy (non-hydrogen) atoms. The predicted molar refractivity (Wildman–Crippen MR) is 79.4 cm³/mol. The van der Waals surface area contributed by atoms with Crippen LogP contribution in [0.2, 0.25) is 5.02 Å². The van der Waals surface area contributed by atoms with E-state index in [1.165, 1.54) is 19.3 Å². The van der Waals surface area contributed by atoms with Crippen molar-refractivity contribution in [2.45, 2.75) is 45.1 Å². The summed E-state index contributed by atoms with van der Waals surface area (Å²) in [6.07, 6.45) is 5.89. The van der Waals surface area contributed by atoms with Gasteiger partial charge < -0.3 is 10.6 Å². The van der Waals surface area contributed by atoms with Gasteiger partial charge in [-0.25, -0.2) is 0 Å². The van der Waals surface area contributed by atoms with Gasteiger partial charge in [0.15, 0.2) is 0 Å². The average Bonchev–Trinajstić information content (AvgIpc) is 2.44. The lowest BCUT2D eigenvalue weighted by Crippen LogP contribution is -2.41. The minimum Gasteiger partial charge on any atom is -0.397 e. The first-order chi connectivity index (χ1) is 9.15. The molecule has 1 aliphatic carbocycles. The van der Waals surface area contributed by atoms with Gasteiger partial charge in [0.1, 0.15) is 0 Å². The molecule has 0 atom stereocenters. The van der Waals surface area contributed by atoms with Crippen LogP contribution >= 0.6 is 11.6 Å². The highest BCUT2D eigenvalue weighted by molar-refractivity contribution is 6.33. The van der Waals surface area contributed by atoms with Crippen LogP contribution in [0.25, 0.3) is 0 Å². The Labute approximate surface area is 119 Å². The van der Waals surface area contributed by atoms with E-state index < -0.39 is 0 Å². The zero-order chi connectivity index (χ0) is 13.8. The van der Waals surface area contributed by atoms with Crippen molar-refractivity contribution >= 4 is 23.2 Å². The number of rotatable bonds is 3. The standard InChI is InChI=1S/C15H21ClN2O/c1-2-18(11-7-4-3-5-8-11)15(19)12-9-6-10-13(16)14(12)17/h6,9-11H,2-5,7-8,17H2,1H3. The Hall–Kier alpha value is -1.22. The number of carbonyl (C=O) groups excluding carboxylic acids is 1. The first-order valence-electron chi connectivity index (χ1n) is 7.00.